The summed E-state index contributed by atoms with van der Waals surface area (Å²) in [6.07, 6.45) is 21.3. The van der Waals surface area contributed by atoms with Crippen LogP contribution in [0.15, 0.2) is 35.1 Å². The Balaban J connectivity index is 0.901. The summed E-state index contributed by atoms with van der Waals surface area (Å²) in [7, 11) is 0. The monoisotopic (exact) mass is 562 g/mol. The second kappa shape index (κ2) is 15.0. The summed E-state index contributed by atoms with van der Waals surface area (Å²) < 4.78 is 0. The summed E-state index contributed by atoms with van der Waals surface area (Å²) in [6, 6.07) is 10.2. The molecule has 5 rings (SSSR count). The fourth-order valence-corrected chi connectivity index (χ4v) is 6.83. The van der Waals surface area contributed by atoms with Gasteiger partial charge in [0.1, 0.15) is 0 Å². The smallest absolute Gasteiger partial charge is 0.248 e. The molecule has 5 nitrogen and oxygen atoms in total. The highest BCUT2D eigenvalue weighted by molar-refractivity contribution is 6.31. The fraction of sp³-hybridized carbons (Fsp3) is 0.588. The SMILES string of the molecule is O=c1ccc2c([nH]1)CCCC2NCCCCCCCCCCCCNc1c2c(nc3cc(Cl)ccc13)CCCC2. The number of H-pyrrole nitrogens is 1. The summed E-state index contributed by atoms with van der Waals surface area (Å²) in [5.74, 6) is 0. The van der Waals surface area contributed by atoms with Crippen molar-refractivity contribution in [1.82, 2.24) is 15.3 Å². The van der Waals surface area contributed by atoms with Crippen molar-refractivity contribution < 1.29 is 0 Å². The van der Waals surface area contributed by atoms with Gasteiger partial charge in [-0.2, -0.15) is 0 Å². The molecule has 2 aliphatic rings. The Labute approximate surface area is 244 Å². The molecule has 0 saturated carbocycles. The first-order valence-corrected chi connectivity index (χ1v) is 16.4. The predicted octanol–water partition coefficient (Wildman–Crippen LogP) is 8.44. The van der Waals surface area contributed by atoms with E-state index in [2.05, 4.69) is 21.7 Å². The van der Waals surface area contributed by atoms with Gasteiger partial charge in [-0.05, 0) is 93.7 Å². The molecule has 2 aliphatic carbocycles. The molecular weight excluding hydrogens is 516 g/mol. The number of nitrogens with one attached hydrogen (secondary N) is 3. The van der Waals surface area contributed by atoms with E-state index in [4.69, 9.17) is 16.6 Å². The van der Waals surface area contributed by atoms with Crippen molar-refractivity contribution in [2.24, 2.45) is 0 Å². The van der Waals surface area contributed by atoms with Crippen LogP contribution < -0.4 is 16.2 Å². The maximum atomic E-state index is 11.6. The lowest BCUT2D eigenvalue weighted by atomic mass is 9.91. The van der Waals surface area contributed by atoms with Gasteiger partial charge >= 0.3 is 0 Å². The molecule has 0 spiro atoms. The minimum Gasteiger partial charge on any atom is -0.384 e. The van der Waals surface area contributed by atoms with E-state index in [0.29, 0.717) is 6.04 Å². The molecule has 1 unspecified atom stereocenters. The topological polar surface area (TPSA) is 69.8 Å². The molecule has 216 valence electrons. The van der Waals surface area contributed by atoms with Gasteiger partial charge in [0.25, 0.3) is 0 Å². The van der Waals surface area contributed by atoms with E-state index in [0.717, 1.165) is 55.0 Å². The first-order valence-electron chi connectivity index (χ1n) is 16.0. The molecular formula is C34H47ClN4O. The minimum absolute atomic E-state index is 0.0237. The summed E-state index contributed by atoms with van der Waals surface area (Å²) >= 11 is 6.26. The highest BCUT2D eigenvalue weighted by Crippen LogP contribution is 2.34. The van der Waals surface area contributed by atoms with Crippen molar-refractivity contribution in [3.8, 4) is 0 Å². The number of rotatable bonds is 15. The maximum absolute atomic E-state index is 11.6. The van der Waals surface area contributed by atoms with E-state index in [1.807, 2.05) is 18.2 Å². The lowest BCUT2D eigenvalue weighted by molar-refractivity contribution is 0.442. The highest BCUT2D eigenvalue weighted by Gasteiger charge is 2.20. The molecule has 0 radical (unpaired) electrons. The number of hydrogen-bond donors (Lipinski definition) is 3. The molecule has 0 saturated heterocycles. The average molecular weight is 563 g/mol. The van der Waals surface area contributed by atoms with Crippen LogP contribution in [0.25, 0.3) is 10.9 Å². The number of aromatic nitrogens is 2. The minimum atomic E-state index is 0.0237. The largest absolute Gasteiger partial charge is 0.384 e. The zero-order valence-corrected chi connectivity index (χ0v) is 24.9. The number of aromatic amines is 1. The third-order valence-electron chi connectivity index (χ3n) is 8.85. The van der Waals surface area contributed by atoms with Gasteiger partial charge in [-0.15, -0.1) is 0 Å². The Bertz CT molecular complexity index is 1300. The number of aryl methyl sites for hydroxylation is 2. The molecule has 2 aromatic heterocycles. The third kappa shape index (κ3) is 7.88. The first kappa shape index (κ1) is 29.1. The number of anilines is 1. The predicted molar refractivity (Wildman–Crippen MR) is 169 cm³/mol. The molecule has 3 aromatic rings. The summed E-state index contributed by atoms with van der Waals surface area (Å²) in [6.45, 7) is 2.11. The van der Waals surface area contributed by atoms with Crippen LogP contribution >= 0.6 is 11.6 Å². The van der Waals surface area contributed by atoms with Gasteiger partial charge in [-0.25, -0.2) is 0 Å². The van der Waals surface area contributed by atoms with Crippen LogP contribution in [0.4, 0.5) is 5.69 Å². The fourth-order valence-electron chi connectivity index (χ4n) is 6.67. The van der Waals surface area contributed by atoms with E-state index in [1.54, 1.807) is 6.07 Å². The molecule has 0 amide bonds. The number of hydrogen-bond acceptors (Lipinski definition) is 4. The van der Waals surface area contributed by atoms with Crippen LogP contribution in [0.5, 0.6) is 0 Å². The average Bonchev–Trinajstić information content (AvgIpc) is 2.96. The Morgan fingerprint density at radius 3 is 2.35 bits per heavy atom. The van der Waals surface area contributed by atoms with E-state index in [1.165, 1.54) is 111 Å². The van der Waals surface area contributed by atoms with Crippen molar-refractivity contribution in [2.75, 3.05) is 18.4 Å². The normalized spacial score (nSPS) is 16.6. The second-order valence-electron chi connectivity index (χ2n) is 11.9. The van der Waals surface area contributed by atoms with E-state index >= 15 is 0 Å². The highest BCUT2D eigenvalue weighted by atomic mass is 35.5. The van der Waals surface area contributed by atoms with Gasteiger partial charge in [-0.1, -0.05) is 69.0 Å². The van der Waals surface area contributed by atoms with Gasteiger partial charge in [0.15, 0.2) is 0 Å². The van der Waals surface area contributed by atoms with Crippen molar-refractivity contribution in [3.05, 3.63) is 68.2 Å². The molecule has 3 N–H and O–H groups in total. The molecule has 0 bridgehead atoms. The standard InChI is InChI=1S/C34H47ClN4O/c35-25-18-19-28-32(24-25)38-31-15-10-9-14-27(31)34(28)37-23-12-8-6-4-2-1-3-5-7-11-22-36-29-16-13-17-30-26(29)20-21-33(40)39-30/h18-21,24,29,36H,1-17,22-23H2,(H,37,38)(H,39,40). The van der Waals surface area contributed by atoms with Crippen LogP contribution in [0.1, 0.15) is 118 Å². The summed E-state index contributed by atoms with van der Waals surface area (Å²) in [5.41, 5.74) is 7.51. The van der Waals surface area contributed by atoms with Crippen LogP contribution in [-0.2, 0) is 19.3 Å². The molecule has 2 heterocycles. The zero-order valence-electron chi connectivity index (χ0n) is 24.1. The lowest BCUT2D eigenvalue weighted by Crippen LogP contribution is -2.28. The van der Waals surface area contributed by atoms with Gasteiger partial charge < -0.3 is 15.6 Å². The quantitative estimate of drug-likeness (QED) is 0.162. The van der Waals surface area contributed by atoms with E-state index < -0.39 is 0 Å². The van der Waals surface area contributed by atoms with Crippen LogP contribution in [0.3, 0.4) is 0 Å². The molecule has 0 aliphatic heterocycles. The van der Waals surface area contributed by atoms with E-state index in [9.17, 15) is 4.79 Å². The van der Waals surface area contributed by atoms with Gasteiger partial charge in [-0.3, -0.25) is 9.78 Å². The molecule has 6 heteroatoms. The van der Waals surface area contributed by atoms with Crippen LogP contribution in [0, 0.1) is 0 Å². The number of halogens is 1. The number of unbranched alkanes of at least 4 members (excludes halogenated alkanes) is 9. The van der Waals surface area contributed by atoms with Gasteiger partial charge in [0.05, 0.1) is 5.52 Å². The van der Waals surface area contributed by atoms with E-state index in [-0.39, 0.29) is 5.56 Å². The number of benzene rings is 1. The zero-order chi connectivity index (χ0) is 27.6. The maximum Gasteiger partial charge on any atom is 0.248 e. The van der Waals surface area contributed by atoms with Crippen molar-refractivity contribution in [3.63, 3.8) is 0 Å². The van der Waals surface area contributed by atoms with Gasteiger partial charge in [0, 0.05) is 46.1 Å². The summed E-state index contributed by atoms with van der Waals surface area (Å²) in [4.78, 5) is 19.6. The van der Waals surface area contributed by atoms with Crippen LogP contribution in [-0.4, -0.2) is 23.1 Å². The number of fused-ring (bicyclic) bond motifs is 3. The summed E-state index contributed by atoms with van der Waals surface area (Å²) in [5, 5.41) is 9.51. The number of pyridine rings is 2. The lowest BCUT2D eigenvalue weighted by Gasteiger charge is -2.26. The van der Waals surface area contributed by atoms with Crippen molar-refractivity contribution >= 4 is 28.2 Å². The Kier molecular flexibility index (Phi) is 10.9. The molecule has 1 atom stereocenters. The van der Waals surface area contributed by atoms with Crippen LogP contribution in [0.2, 0.25) is 5.02 Å². The molecule has 1 aromatic carbocycles. The van der Waals surface area contributed by atoms with Crippen molar-refractivity contribution in [1.29, 1.82) is 0 Å². The third-order valence-corrected chi connectivity index (χ3v) is 9.09. The number of nitrogens with zero attached hydrogens (tertiary/aromatic N) is 1. The Morgan fingerprint density at radius 2 is 1.55 bits per heavy atom. The second-order valence-corrected chi connectivity index (χ2v) is 12.3. The van der Waals surface area contributed by atoms with Gasteiger partial charge in [0.2, 0.25) is 5.56 Å². The van der Waals surface area contributed by atoms with Crippen molar-refractivity contribution in [2.45, 2.75) is 115 Å². The Morgan fingerprint density at radius 1 is 0.825 bits per heavy atom. The Hall–Kier alpha value is -2.37. The molecule has 0 fully saturated rings. The molecule has 40 heavy (non-hydrogen) atoms. The first-order chi connectivity index (χ1) is 19.7.